The molecule has 3 rings (SSSR count). The number of benzene rings is 2. The second-order valence-corrected chi connectivity index (χ2v) is 7.97. The summed E-state index contributed by atoms with van der Waals surface area (Å²) in [6.07, 6.45) is 0. The Morgan fingerprint density at radius 3 is 2.33 bits per heavy atom. The first-order chi connectivity index (χ1) is 12.7. The van der Waals surface area contributed by atoms with E-state index in [0.717, 1.165) is 11.1 Å². The van der Waals surface area contributed by atoms with Crippen LogP contribution in [0, 0.1) is 20.8 Å². The van der Waals surface area contributed by atoms with Crippen molar-refractivity contribution in [2.24, 2.45) is 0 Å². The number of amides is 1. The van der Waals surface area contributed by atoms with E-state index in [-0.39, 0.29) is 16.3 Å². The van der Waals surface area contributed by atoms with Crippen molar-refractivity contribution in [1.29, 1.82) is 0 Å². The van der Waals surface area contributed by atoms with Gasteiger partial charge in [0.05, 0.1) is 4.90 Å². The number of nitrogens with zero attached hydrogens (tertiary/aromatic N) is 1. The lowest BCUT2D eigenvalue weighted by Crippen LogP contribution is -2.16. The summed E-state index contributed by atoms with van der Waals surface area (Å²) in [6.45, 7) is 5.53. The highest BCUT2D eigenvalue weighted by Gasteiger charge is 2.18. The van der Waals surface area contributed by atoms with E-state index in [4.69, 9.17) is 4.52 Å². The largest absolute Gasteiger partial charge is 0.360 e. The first kappa shape index (κ1) is 18.7. The molecule has 1 heterocycles. The zero-order valence-electron chi connectivity index (χ0n) is 15.1. The molecule has 0 radical (unpaired) electrons. The highest BCUT2D eigenvalue weighted by molar-refractivity contribution is 7.92. The number of carbonyl (C=O) groups excluding carboxylic acids is 1. The number of nitrogens with one attached hydrogen (secondary N) is 2. The number of anilines is 2. The predicted octanol–water partition coefficient (Wildman–Crippen LogP) is 3.65. The van der Waals surface area contributed by atoms with Crippen molar-refractivity contribution in [3.8, 4) is 0 Å². The standard InChI is InChI=1S/C19H19N3O4S/c1-12-7-13(2)9-16(8-12)20-19(23)15-5-4-6-17(11-15)27(24,25)22-18-10-14(3)26-21-18/h4-11H,1-3H3,(H,20,23)(H,21,22). The lowest BCUT2D eigenvalue weighted by atomic mass is 10.1. The van der Waals surface area contributed by atoms with E-state index in [1.807, 2.05) is 32.0 Å². The van der Waals surface area contributed by atoms with Crippen LogP contribution in [0.1, 0.15) is 27.2 Å². The van der Waals surface area contributed by atoms with Crippen LogP contribution in [0.25, 0.3) is 0 Å². The highest BCUT2D eigenvalue weighted by Crippen LogP contribution is 2.19. The minimum Gasteiger partial charge on any atom is -0.360 e. The molecule has 2 aromatic carbocycles. The number of rotatable bonds is 5. The van der Waals surface area contributed by atoms with Gasteiger partial charge in [0.1, 0.15) is 5.76 Å². The van der Waals surface area contributed by atoms with Gasteiger partial charge in [0.25, 0.3) is 15.9 Å². The number of hydrogen-bond acceptors (Lipinski definition) is 5. The molecule has 0 aliphatic heterocycles. The quantitative estimate of drug-likeness (QED) is 0.698. The number of aromatic nitrogens is 1. The summed E-state index contributed by atoms with van der Waals surface area (Å²) in [5, 5.41) is 6.40. The fraction of sp³-hybridized carbons (Fsp3) is 0.158. The average Bonchev–Trinajstić information content (AvgIpc) is 2.98. The van der Waals surface area contributed by atoms with Crippen molar-refractivity contribution in [3.05, 3.63) is 71.0 Å². The van der Waals surface area contributed by atoms with Crippen LogP contribution < -0.4 is 10.0 Å². The molecule has 0 spiro atoms. The lowest BCUT2D eigenvalue weighted by Gasteiger charge is -2.09. The van der Waals surface area contributed by atoms with Gasteiger partial charge in [-0.1, -0.05) is 17.3 Å². The van der Waals surface area contributed by atoms with Crippen molar-refractivity contribution in [2.75, 3.05) is 10.0 Å². The molecule has 0 saturated heterocycles. The SMILES string of the molecule is Cc1cc(C)cc(NC(=O)c2cccc(S(=O)(=O)Nc3cc(C)on3)c2)c1. The van der Waals surface area contributed by atoms with Gasteiger partial charge in [-0.3, -0.25) is 9.52 Å². The molecule has 140 valence electrons. The number of hydrogen-bond donors (Lipinski definition) is 2. The Morgan fingerprint density at radius 2 is 1.70 bits per heavy atom. The zero-order chi connectivity index (χ0) is 19.6. The number of sulfonamides is 1. The van der Waals surface area contributed by atoms with Crippen LogP contribution in [0.15, 0.2) is 57.9 Å². The topological polar surface area (TPSA) is 101 Å². The van der Waals surface area contributed by atoms with E-state index in [1.54, 1.807) is 13.0 Å². The Kier molecular flexibility index (Phi) is 5.00. The molecule has 3 aromatic rings. The van der Waals surface area contributed by atoms with Crippen molar-refractivity contribution in [2.45, 2.75) is 25.7 Å². The molecule has 0 bridgehead atoms. The summed E-state index contributed by atoms with van der Waals surface area (Å²) in [5.41, 5.74) is 2.93. The normalized spacial score (nSPS) is 11.2. The van der Waals surface area contributed by atoms with Crippen molar-refractivity contribution in [3.63, 3.8) is 0 Å². The van der Waals surface area contributed by atoms with Crippen LogP contribution in [0.4, 0.5) is 11.5 Å². The summed E-state index contributed by atoms with van der Waals surface area (Å²) >= 11 is 0. The molecule has 0 atom stereocenters. The van der Waals surface area contributed by atoms with Gasteiger partial charge in [0.2, 0.25) is 0 Å². The molecule has 0 fully saturated rings. The summed E-state index contributed by atoms with van der Waals surface area (Å²) in [5.74, 6) is 0.168. The van der Waals surface area contributed by atoms with E-state index >= 15 is 0 Å². The third kappa shape index (κ3) is 4.53. The molecule has 1 aromatic heterocycles. The van der Waals surface area contributed by atoms with Crippen molar-refractivity contribution < 1.29 is 17.7 Å². The first-order valence-electron chi connectivity index (χ1n) is 8.19. The van der Waals surface area contributed by atoms with Crippen LogP contribution in [0.5, 0.6) is 0 Å². The van der Waals surface area contributed by atoms with Gasteiger partial charge in [-0.2, -0.15) is 0 Å². The zero-order valence-corrected chi connectivity index (χ0v) is 15.9. The summed E-state index contributed by atoms with van der Waals surface area (Å²) in [4.78, 5) is 12.5. The third-order valence-corrected chi connectivity index (χ3v) is 5.11. The molecule has 8 heteroatoms. The smallest absolute Gasteiger partial charge is 0.263 e. The Balaban J connectivity index is 1.83. The summed E-state index contributed by atoms with van der Waals surface area (Å²) < 4.78 is 32.2. The number of aryl methyl sites for hydroxylation is 3. The fourth-order valence-corrected chi connectivity index (χ4v) is 3.69. The van der Waals surface area contributed by atoms with Crippen LogP contribution in [-0.4, -0.2) is 19.5 Å². The van der Waals surface area contributed by atoms with Gasteiger partial charge in [0.15, 0.2) is 5.82 Å². The van der Waals surface area contributed by atoms with Gasteiger partial charge in [-0.15, -0.1) is 0 Å². The molecule has 0 aliphatic rings. The Hall–Kier alpha value is -3.13. The van der Waals surface area contributed by atoms with Crippen molar-refractivity contribution in [1.82, 2.24) is 5.16 Å². The van der Waals surface area contributed by atoms with Crippen LogP contribution in [0.3, 0.4) is 0 Å². The van der Waals surface area contributed by atoms with E-state index in [1.165, 1.54) is 24.3 Å². The molecule has 7 nitrogen and oxygen atoms in total. The highest BCUT2D eigenvalue weighted by atomic mass is 32.2. The molecular formula is C19H19N3O4S. The summed E-state index contributed by atoms with van der Waals surface area (Å²) in [6, 6.07) is 12.9. The van der Waals surface area contributed by atoms with Crippen LogP contribution >= 0.6 is 0 Å². The lowest BCUT2D eigenvalue weighted by molar-refractivity contribution is 0.102. The predicted molar refractivity (Wildman–Crippen MR) is 102 cm³/mol. The maximum Gasteiger partial charge on any atom is 0.263 e. The second-order valence-electron chi connectivity index (χ2n) is 6.29. The number of carbonyl (C=O) groups is 1. The van der Waals surface area contributed by atoms with Gasteiger partial charge in [0, 0.05) is 17.3 Å². The van der Waals surface area contributed by atoms with E-state index in [0.29, 0.717) is 11.4 Å². The monoisotopic (exact) mass is 385 g/mol. The van der Waals surface area contributed by atoms with Gasteiger partial charge >= 0.3 is 0 Å². The average molecular weight is 385 g/mol. The second kappa shape index (κ2) is 7.24. The molecule has 1 amide bonds. The molecule has 27 heavy (non-hydrogen) atoms. The Morgan fingerprint density at radius 1 is 1.00 bits per heavy atom. The van der Waals surface area contributed by atoms with Gasteiger partial charge < -0.3 is 9.84 Å². The van der Waals surface area contributed by atoms with Gasteiger partial charge in [-0.05, 0) is 62.2 Å². The minimum absolute atomic E-state index is 0.0452. The van der Waals surface area contributed by atoms with Gasteiger partial charge in [-0.25, -0.2) is 8.42 Å². The fourth-order valence-electron chi connectivity index (χ4n) is 2.67. The maximum atomic E-state index is 12.5. The van der Waals surface area contributed by atoms with E-state index in [2.05, 4.69) is 15.2 Å². The third-order valence-electron chi connectivity index (χ3n) is 3.75. The Bertz CT molecular complexity index is 1080. The molecule has 2 N–H and O–H groups in total. The molecule has 0 saturated carbocycles. The molecular weight excluding hydrogens is 366 g/mol. The van der Waals surface area contributed by atoms with Crippen LogP contribution in [0.2, 0.25) is 0 Å². The van der Waals surface area contributed by atoms with E-state index < -0.39 is 15.9 Å². The minimum atomic E-state index is -3.89. The van der Waals surface area contributed by atoms with Crippen molar-refractivity contribution >= 4 is 27.4 Å². The molecule has 0 unspecified atom stereocenters. The van der Waals surface area contributed by atoms with Crippen LogP contribution in [-0.2, 0) is 10.0 Å². The Labute approximate surface area is 157 Å². The maximum absolute atomic E-state index is 12.5. The van der Waals surface area contributed by atoms with E-state index in [9.17, 15) is 13.2 Å². The first-order valence-corrected chi connectivity index (χ1v) is 9.67. The summed E-state index contributed by atoms with van der Waals surface area (Å²) in [7, 11) is -3.89. The molecule has 0 aliphatic carbocycles.